The highest BCUT2D eigenvalue weighted by atomic mass is 16.5. The van der Waals surface area contributed by atoms with Crippen molar-refractivity contribution in [1.82, 2.24) is 0 Å². The summed E-state index contributed by atoms with van der Waals surface area (Å²) in [6, 6.07) is 7.39. The second-order valence-electron chi connectivity index (χ2n) is 2.75. The van der Waals surface area contributed by atoms with Gasteiger partial charge in [-0.2, -0.15) is 0 Å². The van der Waals surface area contributed by atoms with Gasteiger partial charge in [-0.25, -0.2) is 0 Å². The van der Waals surface area contributed by atoms with Crippen molar-refractivity contribution < 1.29 is 9.53 Å². The van der Waals surface area contributed by atoms with E-state index in [1.165, 1.54) is 0 Å². The summed E-state index contributed by atoms with van der Waals surface area (Å²) in [6.07, 6.45) is -0.389. The lowest BCUT2D eigenvalue weighted by atomic mass is 10.2. The van der Waals surface area contributed by atoms with Gasteiger partial charge in [-0.15, -0.1) is 0 Å². The van der Waals surface area contributed by atoms with Crippen molar-refractivity contribution >= 4 is 11.6 Å². The smallest absolute Gasteiger partial charge is 0.265 e. The molecule has 1 N–H and O–H groups in total. The zero-order valence-corrected chi connectivity index (χ0v) is 8.70. The van der Waals surface area contributed by atoms with E-state index in [1.807, 2.05) is 38.1 Å². The lowest BCUT2D eigenvalue weighted by Gasteiger charge is -2.22. The average molecular weight is 193 g/mol. The monoisotopic (exact) mass is 193 g/mol. The molecule has 1 unspecified atom stereocenters. The van der Waals surface area contributed by atoms with E-state index in [2.05, 4.69) is 5.32 Å². The van der Waals surface area contributed by atoms with Crippen LogP contribution in [0.2, 0.25) is 0 Å². The van der Waals surface area contributed by atoms with Gasteiger partial charge in [0.25, 0.3) is 5.91 Å². The van der Waals surface area contributed by atoms with Crippen molar-refractivity contribution in [2.75, 3.05) is 5.32 Å². The van der Waals surface area contributed by atoms with E-state index in [9.17, 15) is 4.79 Å². The first-order valence-corrected chi connectivity index (χ1v) is 4.84. The van der Waals surface area contributed by atoms with E-state index in [0.717, 1.165) is 11.4 Å². The highest BCUT2D eigenvalue weighted by Gasteiger charge is 2.22. The molecule has 0 aromatic heterocycles. The molecular formula is C11H15NO2. The lowest BCUT2D eigenvalue weighted by Crippen LogP contribution is -2.34. The second-order valence-corrected chi connectivity index (χ2v) is 2.75. The molecule has 0 spiro atoms. The Kier molecular flexibility index (Phi) is 3.51. The number of para-hydroxylation sites is 2. The van der Waals surface area contributed by atoms with E-state index >= 15 is 0 Å². The van der Waals surface area contributed by atoms with Crippen LogP contribution in [-0.2, 0) is 4.79 Å². The minimum Gasteiger partial charge on any atom is -0.479 e. The number of hydrogen-bond acceptors (Lipinski definition) is 2. The van der Waals surface area contributed by atoms with E-state index in [1.54, 1.807) is 6.92 Å². The fourth-order valence-corrected chi connectivity index (χ4v) is 1.15. The Bertz CT molecular complexity index is 323. The van der Waals surface area contributed by atoms with Gasteiger partial charge in [0.2, 0.25) is 0 Å². The molecule has 0 aliphatic carbocycles. The van der Waals surface area contributed by atoms with E-state index in [-0.39, 0.29) is 12.0 Å². The van der Waals surface area contributed by atoms with Crippen LogP contribution in [0.15, 0.2) is 24.3 Å². The maximum atomic E-state index is 11.1. The topological polar surface area (TPSA) is 38.3 Å². The van der Waals surface area contributed by atoms with Gasteiger partial charge < -0.3 is 10.1 Å². The third kappa shape index (κ3) is 2.05. The molecule has 2 rings (SSSR count). The molecule has 1 aromatic rings. The van der Waals surface area contributed by atoms with Gasteiger partial charge in [0, 0.05) is 0 Å². The van der Waals surface area contributed by atoms with Crippen molar-refractivity contribution in [2.24, 2.45) is 0 Å². The molecule has 0 bridgehead atoms. The summed E-state index contributed by atoms with van der Waals surface area (Å²) in [6.45, 7) is 5.73. The fraction of sp³-hybridized carbons (Fsp3) is 0.364. The third-order valence-electron chi connectivity index (χ3n) is 1.82. The van der Waals surface area contributed by atoms with E-state index in [0.29, 0.717) is 0 Å². The quantitative estimate of drug-likeness (QED) is 0.687. The molecule has 3 nitrogen and oxygen atoms in total. The van der Waals surface area contributed by atoms with Crippen molar-refractivity contribution in [3.05, 3.63) is 24.3 Å². The van der Waals surface area contributed by atoms with Gasteiger partial charge in [-0.1, -0.05) is 26.0 Å². The zero-order chi connectivity index (χ0) is 10.6. The lowest BCUT2D eigenvalue weighted by molar-refractivity contribution is -0.122. The Balaban J connectivity index is 0.000000461. The maximum Gasteiger partial charge on any atom is 0.265 e. The molecule has 0 saturated carbocycles. The number of anilines is 1. The molecule has 0 saturated heterocycles. The van der Waals surface area contributed by atoms with Crippen molar-refractivity contribution in [3.8, 4) is 5.75 Å². The number of benzene rings is 1. The summed E-state index contributed by atoms with van der Waals surface area (Å²) in [7, 11) is 0. The molecule has 1 aromatic carbocycles. The number of nitrogens with one attached hydrogen (secondary N) is 1. The summed E-state index contributed by atoms with van der Waals surface area (Å²) in [4.78, 5) is 11.1. The van der Waals surface area contributed by atoms with Crippen LogP contribution in [-0.4, -0.2) is 12.0 Å². The van der Waals surface area contributed by atoms with Crippen LogP contribution in [0.3, 0.4) is 0 Å². The first-order valence-electron chi connectivity index (χ1n) is 4.84. The standard InChI is InChI=1S/C9H9NO2.C2H6/c1-6-9(11)10-7-4-2-3-5-8(7)12-6;1-2/h2-6H,1H3,(H,10,11);1-2H3. The number of carbonyl (C=O) groups excluding carboxylic acids is 1. The highest BCUT2D eigenvalue weighted by Crippen LogP contribution is 2.28. The SMILES string of the molecule is CC.CC1Oc2ccccc2NC1=O. The van der Waals surface area contributed by atoms with Crippen LogP contribution in [0.25, 0.3) is 0 Å². The third-order valence-corrected chi connectivity index (χ3v) is 1.82. The first kappa shape index (κ1) is 10.6. The Labute approximate surface area is 84.1 Å². The van der Waals surface area contributed by atoms with Crippen LogP contribution in [0.5, 0.6) is 5.75 Å². The summed E-state index contributed by atoms with van der Waals surface area (Å²) >= 11 is 0. The largest absolute Gasteiger partial charge is 0.479 e. The summed E-state index contributed by atoms with van der Waals surface area (Å²) < 4.78 is 5.33. The second kappa shape index (κ2) is 4.65. The van der Waals surface area contributed by atoms with Crippen molar-refractivity contribution in [2.45, 2.75) is 26.9 Å². The predicted octanol–water partition coefficient (Wildman–Crippen LogP) is 2.43. The molecular weight excluding hydrogens is 178 g/mol. The normalized spacial score (nSPS) is 18.2. The van der Waals surface area contributed by atoms with Gasteiger partial charge >= 0.3 is 0 Å². The summed E-state index contributed by atoms with van der Waals surface area (Å²) in [5, 5.41) is 2.75. The Morgan fingerprint density at radius 1 is 1.29 bits per heavy atom. The molecule has 1 aliphatic heterocycles. The average Bonchev–Trinajstić information content (AvgIpc) is 2.23. The molecule has 76 valence electrons. The van der Waals surface area contributed by atoms with Crippen LogP contribution < -0.4 is 10.1 Å². The number of rotatable bonds is 0. The molecule has 14 heavy (non-hydrogen) atoms. The van der Waals surface area contributed by atoms with Gasteiger partial charge in [-0.3, -0.25) is 4.79 Å². The molecule has 0 radical (unpaired) electrons. The summed E-state index contributed by atoms with van der Waals surface area (Å²) in [5.41, 5.74) is 0.751. The van der Waals surface area contributed by atoms with E-state index < -0.39 is 0 Å². The van der Waals surface area contributed by atoms with Gasteiger partial charge in [0.1, 0.15) is 5.75 Å². The van der Waals surface area contributed by atoms with Gasteiger partial charge in [0.15, 0.2) is 6.10 Å². The maximum absolute atomic E-state index is 11.1. The van der Waals surface area contributed by atoms with Crippen LogP contribution >= 0.6 is 0 Å². The van der Waals surface area contributed by atoms with Crippen LogP contribution in [0.1, 0.15) is 20.8 Å². The zero-order valence-electron chi connectivity index (χ0n) is 8.70. The van der Waals surface area contributed by atoms with Crippen LogP contribution in [0, 0.1) is 0 Å². The minimum absolute atomic E-state index is 0.0892. The van der Waals surface area contributed by atoms with E-state index in [4.69, 9.17) is 4.74 Å². The Hall–Kier alpha value is -1.51. The van der Waals surface area contributed by atoms with Crippen molar-refractivity contribution in [1.29, 1.82) is 0 Å². The fourth-order valence-electron chi connectivity index (χ4n) is 1.15. The van der Waals surface area contributed by atoms with Crippen molar-refractivity contribution in [3.63, 3.8) is 0 Å². The Morgan fingerprint density at radius 3 is 2.64 bits per heavy atom. The Morgan fingerprint density at radius 2 is 1.93 bits per heavy atom. The molecule has 0 fully saturated rings. The molecule has 1 amide bonds. The minimum atomic E-state index is -0.389. The first-order chi connectivity index (χ1) is 6.77. The number of ether oxygens (including phenoxy) is 1. The highest BCUT2D eigenvalue weighted by molar-refractivity contribution is 5.97. The molecule has 1 atom stereocenters. The summed E-state index contributed by atoms with van der Waals surface area (Å²) in [5.74, 6) is 0.651. The number of hydrogen-bond donors (Lipinski definition) is 1. The number of carbonyl (C=O) groups is 1. The number of amides is 1. The number of fused-ring (bicyclic) bond motifs is 1. The molecule has 3 heteroatoms. The van der Waals surface area contributed by atoms with Gasteiger partial charge in [-0.05, 0) is 19.1 Å². The van der Waals surface area contributed by atoms with Gasteiger partial charge in [0.05, 0.1) is 5.69 Å². The van der Waals surface area contributed by atoms with Crippen LogP contribution in [0.4, 0.5) is 5.69 Å². The predicted molar refractivity (Wildman–Crippen MR) is 56.5 cm³/mol. The molecule has 1 heterocycles. The molecule has 1 aliphatic rings.